The van der Waals surface area contributed by atoms with E-state index in [1.54, 1.807) is 0 Å². The summed E-state index contributed by atoms with van der Waals surface area (Å²) in [5.74, 6) is -0.571. The maximum absolute atomic E-state index is 10.5. The quantitative estimate of drug-likeness (QED) is 0.485. The molecule has 1 rings (SSSR count). The molecule has 1 aliphatic carbocycles. The third-order valence-electron chi connectivity index (χ3n) is 2.37. The minimum Gasteiger partial charge on any atom is -0.478 e. The maximum atomic E-state index is 10.5. The molecule has 4 nitrogen and oxygen atoms in total. The van der Waals surface area contributed by atoms with Gasteiger partial charge in [0.15, 0.2) is 0 Å². The van der Waals surface area contributed by atoms with Crippen LogP contribution in [0.2, 0.25) is 0 Å². The van der Waals surface area contributed by atoms with Gasteiger partial charge >= 0.3 is 5.97 Å². The SMILES string of the molecule is C=C(C(=O)O)C1CCCCC1.C=N.C=N. The number of rotatable bonds is 2. The van der Waals surface area contributed by atoms with Gasteiger partial charge in [0.2, 0.25) is 0 Å². The van der Waals surface area contributed by atoms with Gasteiger partial charge in [0, 0.05) is 5.57 Å². The molecule has 1 fully saturated rings. The first-order valence-corrected chi connectivity index (χ1v) is 4.84. The molecule has 0 aromatic heterocycles. The summed E-state index contributed by atoms with van der Waals surface area (Å²) >= 11 is 0. The molecule has 3 N–H and O–H groups in total. The molecule has 15 heavy (non-hydrogen) atoms. The van der Waals surface area contributed by atoms with E-state index >= 15 is 0 Å². The number of carboxylic acid groups (broad SMARTS) is 1. The Labute approximate surface area is 91.0 Å². The summed E-state index contributed by atoms with van der Waals surface area (Å²) in [6.45, 7) is 8.58. The van der Waals surface area contributed by atoms with Crippen molar-refractivity contribution < 1.29 is 9.90 Å². The molecule has 0 spiro atoms. The van der Waals surface area contributed by atoms with E-state index in [0.717, 1.165) is 25.7 Å². The lowest BCUT2D eigenvalue weighted by molar-refractivity contribution is -0.133. The van der Waals surface area contributed by atoms with Crippen LogP contribution >= 0.6 is 0 Å². The van der Waals surface area contributed by atoms with E-state index in [4.69, 9.17) is 15.9 Å². The highest BCUT2D eigenvalue weighted by molar-refractivity contribution is 5.86. The van der Waals surface area contributed by atoms with Crippen molar-refractivity contribution in [2.24, 2.45) is 5.92 Å². The van der Waals surface area contributed by atoms with E-state index < -0.39 is 5.97 Å². The van der Waals surface area contributed by atoms with Crippen LogP contribution in [0.4, 0.5) is 0 Å². The van der Waals surface area contributed by atoms with Crippen LogP contribution in [0.1, 0.15) is 32.1 Å². The first-order valence-electron chi connectivity index (χ1n) is 4.84. The highest BCUT2D eigenvalue weighted by Gasteiger charge is 2.20. The van der Waals surface area contributed by atoms with Crippen LogP contribution in [0.3, 0.4) is 0 Å². The highest BCUT2D eigenvalue weighted by atomic mass is 16.4. The van der Waals surface area contributed by atoms with Gasteiger partial charge in [0.25, 0.3) is 0 Å². The molecular formula is C11H20N2O2. The standard InChI is InChI=1S/C9H14O2.2CH3N/c1-7(9(10)11)8-5-3-2-4-6-8;2*1-2/h8H,1-6H2,(H,10,11);2*2H,1H2. The van der Waals surface area contributed by atoms with Crippen LogP contribution in [0, 0.1) is 16.7 Å². The van der Waals surface area contributed by atoms with Gasteiger partial charge in [-0.3, -0.25) is 0 Å². The van der Waals surface area contributed by atoms with Gasteiger partial charge in [0.1, 0.15) is 0 Å². The van der Waals surface area contributed by atoms with Crippen molar-refractivity contribution >= 4 is 19.4 Å². The van der Waals surface area contributed by atoms with Gasteiger partial charge in [-0.2, -0.15) is 0 Å². The number of hydrogen-bond donors (Lipinski definition) is 3. The first-order chi connectivity index (χ1) is 7.22. The Hall–Kier alpha value is -1.45. The Kier molecular flexibility index (Phi) is 11.3. The molecule has 0 amide bonds. The molecule has 1 aliphatic rings. The Morgan fingerprint density at radius 3 is 1.80 bits per heavy atom. The molecule has 0 bridgehead atoms. The molecule has 4 heteroatoms. The van der Waals surface area contributed by atoms with E-state index in [2.05, 4.69) is 20.0 Å². The Balaban J connectivity index is 0. The van der Waals surface area contributed by atoms with Crippen LogP contribution in [-0.4, -0.2) is 24.5 Å². The average molecular weight is 212 g/mol. The molecule has 0 unspecified atom stereocenters. The van der Waals surface area contributed by atoms with E-state index in [0.29, 0.717) is 5.57 Å². The highest BCUT2D eigenvalue weighted by Crippen LogP contribution is 2.28. The number of nitrogens with one attached hydrogen (secondary N) is 2. The Morgan fingerprint density at radius 2 is 1.47 bits per heavy atom. The lowest BCUT2D eigenvalue weighted by atomic mass is 9.84. The van der Waals surface area contributed by atoms with Crippen LogP contribution in [-0.2, 0) is 4.79 Å². The smallest absolute Gasteiger partial charge is 0.331 e. The third kappa shape index (κ3) is 6.60. The largest absolute Gasteiger partial charge is 0.478 e. The summed E-state index contributed by atoms with van der Waals surface area (Å²) in [6.07, 6.45) is 5.62. The molecule has 0 radical (unpaired) electrons. The van der Waals surface area contributed by atoms with Crippen LogP contribution in [0.25, 0.3) is 0 Å². The number of carbonyl (C=O) groups is 1. The summed E-state index contributed by atoms with van der Waals surface area (Å²) in [4.78, 5) is 10.5. The summed E-state index contributed by atoms with van der Waals surface area (Å²) in [6, 6.07) is 0. The van der Waals surface area contributed by atoms with Crippen molar-refractivity contribution in [1.29, 1.82) is 10.8 Å². The molecule has 0 aromatic carbocycles. The predicted molar refractivity (Wildman–Crippen MR) is 63.0 cm³/mol. The molecule has 86 valence electrons. The van der Waals surface area contributed by atoms with Crippen LogP contribution in [0.15, 0.2) is 12.2 Å². The van der Waals surface area contributed by atoms with Gasteiger partial charge in [-0.1, -0.05) is 25.8 Å². The summed E-state index contributed by atoms with van der Waals surface area (Å²) in [7, 11) is 0. The number of carboxylic acids is 1. The molecular weight excluding hydrogens is 192 g/mol. The Morgan fingerprint density at radius 1 is 1.07 bits per heavy atom. The zero-order chi connectivity index (χ0) is 12.3. The van der Waals surface area contributed by atoms with Crippen molar-refractivity contribution in [3.63, 3.8) is 0 Å². The Bertz CT molecular complexity index is 197. The fourth-order valence-corrected chi connectivity index (χ4v) is 1.63. The van der Waals surface area contributed by atoms with E-state index in [-0.39, 0.29) is 5.92 Å². The second-order valence-corrected chi connectivity index (χ2v) is 3.17. The van der Waals surface area contributed by atoms with Gasteiger partial charge in [-0.25, -0.2) is 4.79 Å². The minimum atomic E-state index is -0.822. The number of aliphatic carboxylic acids is 1. The zero-order valence-electron chi connectivity index (χ0n) is 9.09. The molecule has 0 aliphatic heterocycles. The second kappa shape index (κ2) is 10.6. The topological polar surface area (TPSA) is 85.0 Å². The predicted octanol–water partition coefficient (Wildman–Crippen LogP) is 2.74. The normalized spacial score (nSPS) is 14.9. The number of hydrogen-bond acceptors (Lipinski definition) is 3. The van der Waals surface area contributed by atoms with Gasteiger partial charge < -0.3 is 15.9 Å². The van der Waals surface area contributed by atoms with Crippen LogP contribution < -0.4 is 0 Å². The average Bonchev–Trinajstić information content (AvgIpc) is 2.34. The fraction of sp³-hybridized carbons (Fsp3) is 0.545. The summed E-state index contributed by atoms with van der Waals surface area (Å²) < 4.78 is 0. The molecule has 0 aromatic rings. The van der Waals surface area contributed by atoms with E-state index in [9.17, 15) is 4.79 Å². The lowest BCUT2D eigenvalue weighted by Gasteiger charge is -2.20. The van der Waals surface area contributed by atoms with Crippen molar-refractivity contribution in [2.45, 2.75) is 32.1 Å². The minimum absolute atomic E-state index is 0.251. The first kappa shape index (κ1) is 16.0. The molecule has 1 saturated carbocycles. The fourth-order valence-electron chi connectivity index (χ4n) is 1.63. The van der Waals surface area contributed by atoms with Crippen molar-refractivity contribution in [2.75, 3.05) is 0 Å². The molecule has 0 atom stereocenters. The van der Waals surface area contributed by atoms with E-state index in [1.165, 1.54) is 6.42 Å². The summed E-state index contributed by atoms with van der Waals surface area (Å²) in [5.41, 5.74) is 0.407. The molecule has 0 saturated heterocycles. The zero-order valence-corrected chi connectivity index (χ0v) is 9.09. The lowest BCUT2D eigenvalue weighted by Crippen LogP contribution is -2.14. The maximum Gasteiger partial charge on any atom is 0.331 e. The van der Waals surface area contributed by atoms with Crippen molar-refractivity contribution in [3.05, 3.63) is 12.2 Å². The van der Waals surface area contributed by atoms with Gasteiger partial charge in [-0.15, -0.1) is 0 Å². The molecule has 0 heterocycles. The van der Waals surface area contributed by atoms with Crippen LogP contribution in [0.5, 0.6) is 0 Å². The van der Waals surface area contributed by atoms with Crippen molar-refractivity contribution in [3.8, 4) is 0 Å². The summed E-state index contributed by atoms with van der Waals surface area (Å²) in [5, 5.41) is 19.6. The van der Waals surface area contributed by atoms with E-state index in [1.807, 2.05) is 0 Å². The second-order valence-electron chi connectivity index (χ2n) is 3.17. The monoisotopic (exact) mass is 212 g/mol. The third-order valence-corrected chi connectivity index (χ3v) is 2.37. The van der Waals surface area contributed by atoms with Gasteiger partial charge in [0.05, 0.1) is 0 Å². The van der Waals surface area contributed by atoms with Gasteiger partial charge in [-0.05, 0) is 32.2 Å². The van der Waals surface area contributed by atoms with Crippen molar-refractivity contribution in [1.82, 2.24) is 0 Å².